The summed E-state index contributed by atoms with van der Waals surface area (Å²) < 4.78 is 41.1. The number of Topliss-reactive ketones (excluding diaryl/α,β-unsaturated/α-hetero) is 1. The monoisotopic (exact) mass is 595 g/mol. The number of fused-ring (bicyclic) bond motifs is 1. The van der Waals surface area contributed by atoms with Crippen LogP contribution in [-0.2, 0) is 42.1 Å². The van der Waals surface area contributed by atoms with E-state index in [2.05, 4.69) is 14.4 Å². The number of anilines is 1. The predicted octanol–water partition coefficient (Wildman–Crippen LogP) is 0.707. The molecule has 1 aromatic carbocycles. The predicted molar refractivity (Wildman–Crippen MR) is 144 cm³/mol. The number of ether oxygens (including phenoxy) is 1. The number of aromatic nitrogens is 1. The molecule has 15 nitrogen and oxygen atoms in total. The second-order valence-electron chi connectivity index (χ2n) is 9.65. The number of hydroxylamine groups is 2. The summed E-state index contributed by atoms with van der Waals surface area (Å²) in [6.45, 7) is 4.31. The summed E-state index contributed by atoms with van der Waals surface area (Å²) in [4.78, 5) is 36.8. The zero-order valence-electron chi connectivity index (χ0n) is 21.7. The molecule has 2 aliphatic heterocycles. The Morgan fingerprint density at radius 3 is 2.70 bits per heavy atom. The quantitative estimate of drug-likeness (QED) is 0.0704. The highest BCUT2D eigenvalue weighted by atomic mass is 32.3. The molecule has 6 N–H and O–H groups in total. The topological polar surface area (TPSA) is 224 Å². The average molecular weight is 596 g/mol. The van der Waals surface area contributed by atoms with Crippen LogP contribution in [0.3, 0.4) is 0 Å². The van der Waals surface area contributed by atoms with Gasteiger partial charge in [-0.2, -0.15) is 13.5 Å². The number of hydrogen-bond donors (Lipinski definition) is 4. The van der Waals surface area contributed by atoms with Gasteiger partial charge in [-0.3, -0.25) is 19.6 Å². The molecule has 2 aliphatic rings. The Hall–Kier alpha value is -3.80. The first-order valence-corrected chi connectivity index (χ1v) is 14.3. The van der Waals surface area contributed by atoms with Crippen molar-refractivity contribution < 1.29 is 36.4 Å². The zero-order valence-corrected chi connectivity index (χ0v) is 23.3. The van der Waals surface area contributed by atoms with E-state index in [1.165, 1.54) is 19.2 Å². The third kappa shape index (κ3) is 6.49. The number of rotatable bonds is 11. The molecule has 17 heteroatoms. The van der Waals surface area contributed by atoms with Crippen molar-refractivity contribution in [2.24, 2.45) is 16.8 Å². The van der Waals surface area contributed by atoms with Crippen molar-refractivity contribution in [3.63, 3.8) is 0 Å². The number of hydrogen-bond acceptors (Lipinski definition) is 12. The van der Waals surface area contributed by atoms with E-state index >= 15 is 0 Å². The Balaban J connectivity index is 1.36. The summed E-state index contributed by atoms with van der Waals surface area (Å²) in [7, 11) is -4.92. The summed E-state index contributed by atoms with van der Waals surface area (Å²) in [6, 6.07) is 5.66. The molecule has 0 spiro atoms. The molecule has 40 heavy (non-hydrogen) atoms. The minimum atomic E-state index is -4.92. The second kappa shape index (κ2) is 11.4. The van der Waals surface area contributed by atoms with E-state index in [1.807, 2.05) is 18.2 Å². The number of nitrogens with two attached hydrogens (primary N) is 2. The number of nitrogens with one attached hydrogen (secondary N) is 1. The van der Waals surface area contributed by atoms with Crippen molar-refractivity contribution in [3.8, 4) is 5.75 Å². The number of carbonyl (C=O) groups is 2. The number of nitrogens with zero attached hydrogens (tertiary/aromatic N) is 4. The maximum absolute atomic E-state index is 13.1. The molecule has 0 bridgehead atoms. The van der Waals surface area contributed by atoms with Crippen LogP contribution in [0.1, 0.15) is 37.1 Å². The number of amides is 1. The van der Waals surface area contributed by atoms with Gasteiger partial charge in [0.25, 0.3) is 5.91 Å². The first-order valence-electron chi connectivity index (χ1n) is 12.1. The number of thiazole rings is 1. The van der Waals surface area contributed by atoms with E-state index < -0.39 is 33.5 Å². The van der Waals surface area contributed by atoms with Gasteiger partial charge in [0.1, 0.15) is 18.1 Å². The fraction of sp³-hybridized carbons (Fsp3) is 0.435. The van der Waals surface area contributed by atoms with Crippen molar-refractivity contribution in [3.05, 3.63) is 40.4 Å². The number of carbonyl (C=O) groups excluding carboxylic acids is 2. The van der Waals surface area contributed by atoms with Crippen molar-refractivity contribution >= 4 is 50.2 Å². The molecule has 1 aromatic heterocycles. The SMILES string of the molecule is CC1(C)C(CC(=O)/C(=N\OCCOc2ccc3c(c2)CCN(C(=N)N)C3)c2csc(N)n2)C(=O)N1OS(=O)(=O)O. The lowest BCUT2D eigenvalue weighted by atomic mass is 9.74. The Labute approximate surface area is 234 Å². The normalized spacial score (nSPS) is 18.6. The van der Waals surface area contributed by atoms with E-state index in [1.54, 1.807) is 4.90 Å². The summed E-state index contributed by atoms with van der Waals surface area (Å²) in [5.74, 6) is -1.65. The fourth-order valence-corrected chi connectivity index (χ4v) is 5.42. The van der Waals surface area contributed by atoms with Crippen molar-refractivity contribution in [2.75, 3.05) is 25.5 Å². The zero-order chi connectivity index (χ0) is 29.2. The summed E-state index contributed by atoms with van der Waals surface area (Å²) in [5.41, 5.74) is 12.3. The number of ketones is 1. The first kappa shape index (κ1) is 29.2. The van der Waals surface area contributed by atoms with Gasteiger partial charge in [0, 0.05) is 24.9 Å². The lowest BCUT2D eigenvalue weighted by molar-refractivity contribution is -0.228. The van der Waals surface area contributed by atoms with E-state index in [0.717, 1.165) is 28.9 Å². The molecule has 0 aliphatic carbocycles. The lowest BCUT2D eigenvalue weighted by Gasteiger charge is -2.50. The second-order valence-corrected chi connectivity index (χ2v) is 11.5. The van der Waals surface area contributed by atoms with Gasteiger partial charge >= 0.3 is 10.4 Å². The molecule has 0 radical (unpaired) electrons. The minimum absolute atomic E-state index is 0.00454. The highest BCUT2D eigenvalue weighted by molar-refractivity contribution is 7.80. The van der Waals surface area contributed by atoms with E-state index in [4.69, 9.17) is 31.0 Å². The summed E-state index contributed by atoms with van der Waals surface area (Å²) >= 11 is 1.09. The minimum Gasteiger partial charge on any atom is -0.490 e. The highest BCUT2D eigenvalue weighted by Crippen LogP contribution is 2.40. The number of guanidine groups is 1. The standard InChI is InChI=1S/C23H29N7O8S2/c1-23(2)16(20(32)30(23)38-40(33,34)35)10-18(31)19(17-12-39-22(26)27-17)28-37-8-7-36-15-4-3-14-11-29(21(24)25)6-5-13(14)9-15/h3-4,9,12,16H,5-8,10-11H2,1-2H3,(H3,24,25)(H2,26,27)(H,33,34,35)/b28-19-. The first-order chi connectivity index (χ1) is 18.8. The van der Waals surface area contributed by atoms with Crippen LogP contribution in [-0.4, -0.2) is 76.6 Å². The maximum atomic E-state index is 13.1. The van der Waals surface area contributed by atoms with E-state index in [-0.39, 0.29) is 42.1 Å². The van der Waals surface area contributed by atoms with Gasteiger partial charge in [0.2, 0.25) is 0 Å². The van der Waals surface area contributed by atoms with E-state index in [0.29, 0.717) is 23.9 Å². The average Bonchev–Trinajstić information content (AvgIpc) is 3.32. The molecule has 1 amide bonds. The Morgan fingerprint density at radius 1 is 1.32 bits per heavy atom. The van der Waals surface area contributed by atoms with Crippen molar-refractivity contribution in [2.45, 2.75) is 38.8 Å². The smallest absolute Gasteiger partial charge is 0.418 e. The molecular weight excluding hydrogens is 566 g/mol. The molecule has 3 heterocycles. The number of nitrogen functional groups attached to an aromatic ring is 1. The van der Waals surface area contributed by atoms with Crippen LogP contribution in [0.5, 0.6) is 5.75 Å². The number of β-lactam (4-membered cyclic amide) rings is 1. The Morgan fingerprint density at radius 2 is 2.08 bits per heavy atom. The van der Waals surface area contributed by atoms with Gasteiger partial charge < -0.3 is 25.9 Å². The number of benzene rings is 1. The molecule has 2 aromatic rings. The molecular formula is C23H29N7O8S2. The van der Waals surface area contributed by atoms with E-state index in [9.17, 15) is 18.0 Å². The highest BCUT2D eigenvalue weighted by Gasteiger charge is 2.57. The Bertz CT molecular complexity index is 1460. The van der Waals surface area contributed by atoms with Crippen LogP contribution in [0, 0.1) is 11.3 Å². The molecule has 1 saturated heterocycles. The van der Waals surface area contributed by atoms with Crippen LogP contribution in [0.2, 0.25) is 0 Å². The molecule has 1 fully saturated rings. The number of oxime groups is 1. The summed E-state index contributed by atoms with van der Waals surface area (Å²) in [5, 5.41) is 13.8. The van der Waals surface area contributed by atoms with Crippen molar-refractivity contribution in [1.29, 1.82) is 5.41 Å². The van der Waals surface area contributed by atoms with Gasteiger partial charge in [-0.15, -0.1) is 15.6 Å². The van der Waals surface area contributed by atoms with Gasteiger partial charge in [0.15, 0.2) is 29.2 Å². The molecule has 216 valence electrons. The van der Waals surface area contributed by atoms with Crippen LogP contribution in [0.15, 0.2) is 28.7 Å². The fourth-order valence-electron chi connectivity index (χ4n) is 4.42. The maximum Gasteiger partial charge on any atom is 0.418 e. The summed E-state index contributed by atoms with van der Waals surface area (Å²) in [6.07, 6.45) is 0.388. The molecule has 0 saturated carbocycles. The lowest BCUT2D eigenvalue weighted by Crippen LogP contribution is -2.68. The van der Waals surface area contributed by atoms with Crippen LogP contribution < -0.4 is 16.2 Å². The van der Waals surface area contributed by atoms with Gasteiger partial charge in [-0.25, -0.2) is 4.98 Å². The largest absolute Gasteiger partial charge is 0.490 e. The van der Waals surface area contributed by atoms with Crippen LogP contribution in [0.25, 0.3) is 0 Å². The van der Waals surface area contributed by atoms with Gasteiger partial charge in [0.05, 0.1) is 11.5 Å². The van der Waals surface area contributed by atoms with Gasteiger partial charge in [-0.1, -0.05) is 11.2 Å². The van der Waals surface area contributed by atoms with Crippen LogP contribution in [0.4, 0.5) is 5.13 Å². The van der Waals surface area contributed by atoms with Crippen molar-refractivity contribution in [1.82, 2.24) is 14.9 Å². The van der Waals surface area contributed by atoms with Gasteiger partial charge in [-0.05, 0) is 43.5 Å². The Kier molecular flexibility index (Phi) is 8.29. The molecule has 4 rings (SSSR count). The molecule has 1 atom stereocenters. The third-order valence-corrected chi connectivity index (χ3v) is 7.60. The molecule has 1 unspecified atom stereocenters. The third-order valence-electron chi connectivity index (χ3n) is 6.59. The van der Waals surface area contributed by atoms with Crippen LogP contribution >= 0.6 is 11.3 Å².